The fraction of sp³-hybridized carbons (Fsp3) is 0.286. The molecule has 7 nitrogen and oxygen atoms in total. The van der Waals surface area contributed by atoms with Gasteiger partial charge in [-0.25, -0.2) is 4.39 Å². The fourth-order valence-electron chi connectivity index (χ4n) is 2.23. The highest BCUT2D eigenvalue weighted by Crippen LogP contribution is 2.17. The van der Waals surface area contributed by atoms with Gasteiger partial charge in [0.15, 0.2) is 5.82 Å². The van der Waals surface area contributed by atoms with E-state index in [2.05, 4.69) is 20.5 Å². The Morgan fingerprint density at radius 1 is 1.23 bits per heavy atom. The van der Waals surface area contributed by atoms with Crippen LogP contribution in [0.5, 0.6) is 0 Å². The number of hydrogen-bond donors (Lipinski definition) is 1. The van der Waals surface area contributed by atoms with E-state index in [9.17, 15) is 9.18 Å². The van der Waals surface area contributed by atoms with Crippen molar-refractivity contribution in [2.45, 2.75) is 0 Å². The molecule has 0 saturated carbocycles. The Hall–Kier alpha value is -2.77. The molecule has 3 rings (SSSR count). The Labute approximate surface area is 126 Å². The zero-order chi connectivity index (χ0) is 15.4. The highest BCUT2D eigenvalue weighted by Gasteiger charge is 2.18. The highest BCUT2D eigenvalue weighted by molar-refractivity contribution is 5.56. The Morgan fingerprint density at radius 3 is 2.77 bits per heavy atom. The van der Waals surface area contributed by atoms with E-state index in [1.165, 1.54) is 18.3 Å². The SMILES string of the molecule is O=CN1CCN(c2nncc(Nc3cccc(F)c3)n2)CC1. The number of piperazine rings is 1. The van der Waals surface area contributed by atoms with Gasteiger partial charge in [0.1, 0.15) is 5.82 Å². The van der Waals surface area contributed by atoms with Crippen molar-refractivity contribution < 1.29 is 9.18 Å². The minimum absolute atomic E-state index is 0.322. The molecule has 0 atom stereocenters. The van der Waals surface area contributed by atoms with Gasteiger partial charge in [-0.15, -0.1) is 5.10 Å². The molecular formula is C14H15FN6O. The van der Waals surface area contributed by atoms with Gasteiger partial charge in [0.2, 0.25) is 12.4 Å². The summed E-state index contributed by atoms with van der Waals surface area (Å²) in [6.07, 6.45) is 2.33. The molecule has 0 spiro atoms. The highest BCUT2D eigenvalue weighted by atomic mass is 19.1. The van der Waals surface area contributed by atoms with Crippen molar-refractivity contribution in [1.82, 2.24) is 20.1 Å². The molecule has 1 saturated heterocycles. The lowest BCUT2D eigenvalue weighted by atomic mass is 10.3. The lowest BCUT2D eigenvalue weighted by molar-refractivity contribution is -0.118. The maximum atomic E-state index is 13.2. The van der Waals surface area contributed by atoms with Crippen LogP contribution in [0.4, 0.5) is 21.8 Å². The van der Waals surface area contributed by atoms with Crippen molar-refractivity contribution in [3.05, 3.63) is 36.3 Å². The molecule has 22 heavy (non-hydrogen) atoms. The van der Waals surface area contributed by atoms with Crippen molar-refractivity contribution in [2.75, 3.05) is 36.4 Å². The zero-order valence-electron chi connectivity index (χ0n) is 11.8. The first-order valence-electron chi connectivity index (χ1n) is 6.91. The maximum Gasteiger partial charge on any atom is 0.247 e. The summed E-state index contributed by atoms with van der Waals surface area (Å²) in [6.45, 7) is 2.58. The van der Waals surface area contributed by atoms with Gasteiger partial charge < -0.3 is 15.1 Å². The average molecular weight is 302 g/mol. The van der Waals surface area contributed by atoms with Crippen molar-refractivity contribution >= 4 is 23.9 Å². The topological polar surface area (TPSA) is 74.2 Å². The number of rotatable bonds is 4. The van der Waals surface area contributed by atoms with Gasteiger partial charge >= 0.3 is 0 Å². The molecule has 0 unspecified atom stereocenters. The number of aromatic nitrogens is 3. The molecule has 1 amide bonds. The van der Waals surface area contributed by atoms with E-state index in [4.69, 9.17) is 0 Å². The monoisotopic (exact) mass is 302 g/mol. The van der Waals surface area contributed by atoms with Crippen LogP contribution < -0.4 is 10.2 Å². The number of anilines is 3. The van der Waals surface area contributed by atoms with Crippen molar-refractivity contribution in [3.63, 3.8) is 0 Å². The maximum absolute atomic E-state index is 13.2. The minimum atomic E-state index is -0.322. The van der Waals surface area contributed by atoms with E-state index in [0.29, 0.717) is 43.6 Å². The second kappa shape index (κ2) is 6.33. The number of halogens is 1. The van der Waals surface area contributed by atoms with Gasteiger partial charge in [-0.3, -0.25) is 4.79 Å². The van der Waals surface area contributed by atoms with E-state index in [1.807, 2.05) is 4.90 Å². The van der Waals surface area contributed by atoms with Crippen LogP contribution in [0.1, 0.15) is 0 Å². The fourth-order valence-corrected chi connectivity index (χ4v) is 2.23. The zero-order valence-corrected chi connectivity index (χ0v) is 11.8. The number of benzene rings is 1. The molecule has 0 radical (unpaired) electrons. The van der Waals surface area contributed by atoms with E-state index in [-0.39, 0.29) is 5.82 Å². The molecule has 1 fully saturated rings. The summed E-state index contributed by atoms with van der Waals surface area (Å²) in [5.41, 5.74) is 0.595. The van der Waals surface area contributed by atoms with Crippen LogP contribution in [0.3, 0.4) is 0 Å². The third kappa shape index (κ3) is 3.27. The summed E-state index contributed by atoms with van der Waals surface area (Å²) in [5.74, 6) is 0.664. The number of amides is 1. The van der Waals surface area contributed by atoms with Crippen LogP contribution in [-0.4, -0.2) is 52.7 Å². The second-order valence-electron chi connectivity index (χ2n) is 4.91. The van der Waals surface area contributed by atoms with Crippen molar-refractivity contribution in [2.24, 2.45) is 0 Å². The summed E-state index contributed by atoms with van der Waals surface area (Å²) in [5, 5.41) is 10.9. The predicted octanol–water partition coefficient (Wildman–Crippen LogP) is 1.03. The van der Waals surface area contributed by atoms with Gasteiger partial charge in [0.25, 0.3) is 0 Å². The van der Waals surface area contributed by atoms with Crippen molar-refractivity contribution in [3.8, 4) is 0 Å². The van der Waals surface area contributed by atoms with E-state index < -0.39 is 0 Å². The quantitative estimate of drug-likeness (QED) is 0.850. The Balaban J connectivity index is 1.71. The molecule has 2 heterocycles. The summed E-state index contributed by atoms with van der Waals surface area (Å²) in [6, 6.07) is 6.12. The van der Waals surface area contributed by atoms with Crippen LogP contribution in [-0.2, 0) is 4.79 Å². The molecule has 8 heteroatoms. The minimum Gasteiger partial charge on any atom is -0.342 e. The first kappa shape index (κ1) is 14.2. The molecule has 1 N–H and O–H groups in total. The van der Waals surface area contributed by atoms with E-state index in [1.54, 1.807) is 17.0 Å². The number of nitrogens with zero attached hydrogens (tertiary/aromatic N) is 5. The summed E-state index contributed by atoms with van der Waals surface area (Å²) in [7, 11) is 0. The number of nitrogens with one attached hydrogen (secondary N) is 1. The Kier molecular flexibility index (Phi) is 4.08. The largest absolute Gasteiger partial charge is 0.342 e. The lowest BCUT2D eigenvalue weighted by Crippen LogP contribution is -2.46. The van der Waals surface area contributed by atoms with Gasteiger partial charge in [0, 0.05) is 31.9 Å². The first-order valence-corrected chi connectivity index (χ1v) is 6.91. The molecular weight excluding hydrogens is 287 g/mol. The summed E-state index contributed by atoms with van der Waals surface area (Å²) >= 11 is 0. The van der Waals surface area contributed by atoms with Crippen LogP contribution in [0, 0.1) is 5.82 Å². The van der Waals surface area contributed by atoms with E-state index >= 15 is 0 Å². The lowest BCUT2D eigenvalue weighted by Gasteiger charge is -2.32. The summed E-state index contributed by atoms with van der Waals surface area (Å²) < 4.78 is 13.2. The molecule has 1 aliphatic rings. The first-order chi connectivity index (χ1) is 10.7. The predicted molar refractivity (Wildman–Crippen MR) is 79.4 cm³/mol. The Bertz CT molecular complexity index is 659. The molecule has 1 aliphatic heterocycles. The normalized spacial score (nSPS) is 14.8. The second-order valence-corrected chi connectivity index (χ2v) is 4.91. The van der Waals surface area contributed by atoms with Crippen LogP contribution >= 0.6 is 0 Å². The smallest absolute Gasteiger partial charge is 0.247 e. The number of carbonyl (C=O) groups is 1. The van der Waals surface area contributed by atoms with Gasteiger partial charge in [0.05, 0.1) is 6.20 Å². The molecule has 2 aromatic rings. The standard InChI is InChI=1S/C14H15FN6O/c15-11-2-1-3-12(8-11)17-13-9-16-19-14(18-13)21-6-4-20(10-22)5-7-21/h1-3,8-10H,4-7H2,(H,17,18,19). The molecule has 1 aromatic carbocycles. The van der Waals surface area contributed by atoms with Crippen LogP contribution in [0.2, 0.25) is 0 Å². The third-order valence-corrected chi connectivity index (χ3v) is 3.39. The number of carbonyl (C=O) groups excluding carboxylic acids is 1. The van der Waals surface area contributed by atoms with Gasteiger partial charge in [-0.1, -0.05) is 6.07 Å². The van der Waals surface area contributed by atoms with Gasteiger partial charge in [-0.05, 0) is 18.2 Å². The molecule has 0 bridgehead atoms. The summed E-state index contributed by atoms with van der Waals surface area (Å²) in [4.78, 5) is 18.8. The van der Waals surface area contributed by atoms with Crippen molar-refractivity contribution in [1.29, 1.82) is 0 Å². The molecule has 0 aliphatic carbocycles. The third-order valence-electron chi connectivity index (χ3n) is 3.39. The van der Waals surface area contributed by atoms with Crippen LogP contribution in [0.15, 0.2) is 30.5 Å². The van der Waals surface area contributed by atoms with E-state index in [0.717, 1.165) is 6.41 Å². The molecule has 114 valence electrons. The van der Waals surface area contributed by atoms with Crippen LogP contribution in [0.25, 0.3) is 0 Å². The van der Waals surface area contributed by atoms with Gasteiger partial charge in [-0.2, -0.15) is 10.1 Å². The Morgan fingerprint density at radius 2 is 2.05 bits per heavy atom. The number of hydrogen-bond acceptors (Lipinski definition) is 6. The molecule has 1 aromatic heterocycles. The average Bonchev–Trinajstić information content (AvgIpc) is 2.55.